The summed E-state index contributed by atoms with van der Waals surface area (Å²) in [6, 6.07) is 0. The fraction of sp³-hybridized carbons (Fsp3) is 0.857. The molecule has 0 aromatic heterocycles. The second kappa shape index (κ2) is 5.78. The van der Waals surface area contributed by atoms with E-state index in [1.165, 1.54) is 0 Å². The molecule has 2 N–H and O–H groups in total. The van der Waals surface area contributed by atoms with Gasteiger partial charge < -0.3 is 10.2 Å². The quantitative estimate of drug-likeness (QED) is 0.566. The van der Waals surface area contributed by atoms with Gasteiger partial charge in [-0.25, -0.2) is 4.79 Å². The van der Waals surface area contributed by atoms with E-state index in [2.05, 4.69) is 15.9 Å². The molecule has 0 saturated carbocycles. The van der Waals surface area contributed by atoms with Gasteiger partial charge in [-0.1, -0.05) is 40.4 Å². The molecule has 1 unspecified atom stereocenters. The molecule has 0 aromatic carbocycles. The summed E-state index contributed by atoms with van der Waals surface area (Å²) >= 11 is 8.51. The van der Waals surface area contributed by atoms with Crippen LogP contribution in [0.25, 0.3) is 0 Å². The summed E-state index contributed by atoms with van der Waals surface area (Å²) in [6.45, 7) is 0.143. The lowest BCUT2D eigenvalue weighted by Crippen LogP contribution is -2.24. The molecule has 12 heavy (non-hydrogen) atoms. The van der Waals surface area contributed by atoms with E-state index in [1.54, 1.807) is 0 Å². The van der Waals surface area contributed by atoms with Gasteiger partial charge in [-0.05, 0) is 12.8 Å². The zero-order valence-corrected chi connectivity index (χ0v) is 8.94. The molecule has 1 atom stereocenters. The van der Waals surface area contributed by atoms with Gasteiger partial charge in [0, 0.05) is 6.61 Å². The number of carbonyl (C=O) groups is 1. The van der Waals surface area contributed by atoms with E-state index in [4.69, 9.17) is 21.8 Å². The van der Waals surface area contributed by atoms with Crippen LogP contribution in [0, 0.1) is 0 Å². The highest BCUT2D eigenvalue weighted by molar-refractivity contribution is 9.10. The molecule has 0 radical (unpaired) electrons. The molecule has 0 fully saturated rings. The minimum atomic E-state index is -1.33. The van der Waals surface area contributed by atoms with Crippen molar-refractivity contribution < 1.29 is 15.0 Å². The van der Waals surface area contributed by atoms with Gasteiger partial charge in [-0.15, -0.1) is 0 Å². The number of carboxylic acid groups (broad SMARTS) is 1. The summed E-state index contributed by atoms with van der Waals surface area (Å²) in [5, 5.41) is 17.0. The molecule has 0 amide bonds. The smallest absolute Gasteiger partial charge is 0.335 e. The Hall–Kier alpha value is 0.200. The molecule has 0 spiro atoms. The van der Waals surface area contributed by atoms with Crippen LogP contribution in [-0.2, 0) is 4.79 Å². The topological polar surface area (TPSA) is 57.5 Å². The molecule has 0 aromatic rings. The number of aliphatic carboxylic acids is 1. The fourth-order valence-corrected chi connectivity index (χ4v) is 1.16. The Kier molecular flexibility index (Phi) is 5.88. The van der Waals surface area contributed by atoms with Gasteiger partial charge in [0.05, 0.1) is 0 Å². The van der Waals surface area contributed by atoms with Gasteiger partial charge in [0.15, 0.2) is 3.78 Å². The number of aliphatic hydroxyl groups is 1. The number of hydrogen-bond donors (Lipinski definition) is 2. The number of alkyl halides is 2. The second-order valence-electron chi connectivity index (χ2n) is 2.54. The van der Waals surface area contributed by atoms with Crippen molar-refractivity contribution in [1.82, 2.24) is 0 Å². The lowest BCUT2D eigenvalue weighted by atomic mass is 10.1. The van der Waals surface area contributed by atoms with Crippen molar-refractivity contribution in [2.45, 2.75) is 29.5 Å². The Balaban J connectivity index is 3.54. The zero-order chi connectivity index (χ0) is 9.61. The van der Waals surface area contributed by atoms with E-state index in [-0.39, 0.29) is 6.61 Å². The van der Waals surface area contributed by atoms with Crippen LogP contribution in [0.1, 0.15) is 25.7 Å². The summed E-state index contributed by atoms with van der Waals surface area (Å²) in [7, 11) is 0. The van der Waals surface area contributed by atoms with E-state index in [0.717, 1.165) is 6.42 Å². The molecule has 0 aliphatic heterocycles. The van der Waals surface area contributed by atoms with Crippen LogP contribution in [-0.4, -0.2) is 26.6 Å². The van der Waals surface area contributed by atoms with Crippen LogP contribution in [0.4, 0.5) is 0 Å². The molecule has 0 heterocycles. The number of unbranched alkanes of at least 4 members (excludes halogenated alkanes) is 2. The Morgan fingerprint density at radius 2 is 2.00 bits per heavy atom. The van der Waals surface area contributed by atoms with Gasteiger partial charge in [0.25, 0.3) is 0 Å². The number of aliphatic hydroxyl groups excluding tert-OH is 1. The highest BCUT2D eigenvalue weighted by Gasteiger charge is 2.31. The average Bonchev–Trinajstić information content (AvgIpc) is 1.98. The third-order valence-corrected chi connectivity index (χ3v) is 2.55. The highest BCUT2D eigenvalue weighted by atomic mass is 79.9. The Morgan fingerprint density at radius 1 is 1.42 bits per heavy atom. The second-order valence-corrected chi connectivity index (χ2v) is 5.00. The molecule has 3 nitrogen and oxygen atoms in total. The van der Waals surface area contributed by atoms with Crippen LogP contribution in [0.3, 0.4) is 0 Å². The normalized spacial score (nSPS) is 15.6. The number of carboxylic acids is 1. The van der Waals surface area contributed by atoms with E-state index < -0.39 is 9.75 Å². The Labute approximate surface area is 84.8 Å². The van der Waals surface area contributed by atoms with E-state index in [1.807, 2.05) is 0 Å². The number of rotatable bonds is 6. The predicted molar refractivity (Wildman–Crippen MR) is 50.7 cm³/mol. The molecule has 0 saturated heterocycles. The minimum Gasteiger partial charge on any atom is -0.479 e. The maximum Gasteiger partial charge on any atom is 0.335 e. The van der Waals surface area contributed by atoms with Gasteiger partial charge in [0.2, 0.25) is 0 Å². The first kappa shape index (κ1) is 12.2. The van der Waals surface area contributed by atoms with Crippen molar-refractivity contribution in [3.8, 4) is 0 Å². The zero-order valence-electron chi connectivity index (χ0n) is 6.59. The average molecular weight is 260 g/mol. The number of hydrogen-bond acceptors (Lipinski definition) is 2. The van der Waals surface area contributed by atoms with Crippen LogP contribution in [0.5, 0.6) is 0 Å². The van der Waals surface area contributed by atoms with Gasteiger partial charge >= 0.3 is 5.97 Å². The molecule has 0 aliphatic carbocycles. The third kappa shape index (κ3) is 4.95. The summed E-state index contributed by atoms with van der Waals surface area (Å²) < 4.78 is -1.33. The van der Waals surface area contributed by atoms with Gasteiger partial charge in [-0.2, -0.15) is 0 Å². The Bertz CT molecular complexity index is 150. The molecular formula is C7H12BrClO3. The van der Waals surface area contributed by atoms with E-state index in [0.29, 0.717) is 19.3 Å². The summed E-state index contributed by atoms with van der Waals surface area (Å²) in [6.07, 6.45) is 2.55. The molecular weight excluding hydrogens is 247 g/mol. The van der Waals surface area contributed by atoms with Crippen molar-refractivity contribution in [2.75, 3.05) is 6.61 Å². The highest BCUT2D eigenvalue weighted by Crippen LogP contribution is 2.30. The Morgan fingerprint density at radius 3 is 2.42 bits per heavy atom. The van der Waals surface area contributed by atoms with Gasteiger partial charge in [0.1, 0.15) is 0 Å². The molecule has 0 bridgehead atoms. The lowest BCUT2D eigenvalue weighted by Gasteiger charge is -2.13. The van der Waals surface area contributed by atoms with Gasteiger partial charge in [-0.3, -0.25) is 0 Å². The van der Waals surface area contributed by atoms with Crippen LogP contribution >= 0.6 is 27.5 Å². The van der Waals surface area contributed by atoms with E-state index in [9.17, 15) is 4.79 Å². The summed E-state index contributed by atoms with van der Waals surface area (Å²) in [5.74, 6) is -1.06. The summed E-state index contributed by atoms with van der Waals surface area (Å²) in [5.41, 5.74) is 0. The van der Waals surface area contributed by atoms with Crippen molar-refractivity contribution in [3.05, 3.63) is 0 Å². The predicted octanol–water partition coefficient (Wildman–Crippen LogP) is 1.95. The summed E-state index contributed by atoms with van der Waals surface area (Å²) in [4.78, 5) is 10.5. The number of halogens is 2. The maximum absolute atomic E-state index is 10.5. The fourth-order valence-electron chi connectivity index (χ4n) is 0.743. The molecule has 0 aliphatic rings. The monoisotopic (exact) mass is 258 g/mol. The lowest BCUT2D eigenvalue weighted by molar-refractivity contribution is -0.137. The van der Waals surface area contributed by atoms with Crippen LogP contribution in [0.15, 0.2) is 0 Å². The van der Waals surface area contributed by atoms with Crippen LogP contribution < -0.4 is 0 Å². The van der Waals surface area contributed by atoms with Crippen molar-refractivity contribution in [1.29, 1.82) is 0 Å². The van der Waals surface area contributed by atoms with Crippen molar-refractivity contribution in [2.24, 2.45) is 0 Å². The minimum absolute atomic E-state index is 0.143. The first-order valence-corrected chi connectivity index (χ1v) is 4.90. The van der Waals surface area contributed by atoms with Crippen LogP contribution in [0.2, 0.25) is 0 Å². The third-order valence-electron chi connectivity index (χ3n) is 1.46. The van der Waals surface area contributed by atoms with E-state index >= 15 is 0 Å². The standard InChI is InChI=1S/C7H12BrClO3/c8-7(9,6(11)12)4-2-1-3-5-10/h10H,1-5H2,(H,11,12). The van der Waals surface area contributed by atoms with Crippen molar-refractivity contribution >= 4 is 33.5 Å². The molecule has 72 valence electrons. The SMILES string of the molecule is O=C(O)C(Cl)(Br)CCCCCO. The molecule has 0 rings (SSSR count). The maximum atomic E-state index is 10.5. The molecule has 5 heteroatoms. The first-order valence-electron chi connectivity index (χ1n) is 3.73. The largest absolute Gasteiger partial charge is 0.479 e. The first-order chi connectivity index (χ1) is 5.50. The van der Waals surface area contributed by atoms with Crippen molar-refractivity contribution in [3.63, 3.8) is 0 Å².